The van der Waals surface area contributed by atoms with Gasteiger partial charge in [-0.15, -0.1) is 0 Å². The van der Waals surface area contributed by atoms with E-state index in [2.05, 4.69) is 22.4 Å². The number of aryl methyl sites for hydroxylation is 1. The first-order valence-corrected chi connectivity index (χ1v) is 9.74. The van der Waals surface area contributed by atoms with E-state index in [1.54, 1.807) is 15.5 Å². The Morgan fingerprint density at radius 2 is 1.75 bits per heavy atom. The fourth-order valence-corrected chi connectivity index (χ4v) is 3.23. The van der Waals surface area contributed by atoms with Crippen molar-refractivity contribution in [2.24, 2.45) is 0 Å². The molecule has 28 heavy (non-hydrogen) atoms. The maximum atomic E-state index is 12.8. The van der Waals surface area contributed by atoms with Gasteiger partial charge in [0, 0.05) is 25.8 Å². The van der Waals surface area contributed by atoms with E-state index < -0.39 is 0 Å². The first-order chi connectivity index (χ1) is 13.7. The highest BCUT2D eigenvalue weighted by molar-refractivity contribution is 6.02. The second-order valence-corrected chi connectivity index (χ2v) is 6.56. The summed E-state index contributed by atoms with van der Waals surface area (Å²) in [7, 11) is 0. The van der Waals surface area contributed by atoms with Crippen molar-refractivity contribution in [2.75, 3.05) is 19.6 Å². The summed E-state index contributed by atoms with van der Waals surface area (Å²) < 4.78 is 1.69. The van der Waals surface area contributed by atoms with Crippen LogP contribution in [0.1, 0.15) is 46.9 Å². The van der Waals surface area contributed by atoms with E-state index in [9.17, 15) is 9.59 Å². The molecule has 2 aromatic heterocycles. The van der Waals surface area contributed by atoms with Gasteiger partial charge in [-0.1, -0.05) is 36.4 Å². The third kappa shape index (κ3) is 4.22. The number of amides is 2. The number of imidazole rings is 1. The van der Waals surface area contributed by atoms with Crippen molar-refractivity contribution in [3.05, 3.63) is 71.8 Å². The summed E-state index contributed by atoms with van der Waals surface area (Å²) in [6, 6.07) is 15.7. The van der Waals surface area contributed by atoms with Gasteiger partial charge in [-0.2, -0.15) is 0 Å². The minimum Gasteiger partial charge on any atom is -0.351 e. The van der Waals surface area contributed by atoms with Gasteiger partial charge in [-0.05, 0) is 44.4 Å². The minimum absolute atomic E-state index is 0.172. The Balaban J connectivity index is 1.73. The average Bonchev–Trinajstić information content (AvgIpc) is 3.12. The lowest BCUT2D eigenvalue weighted by molar-refractivity contribution is 0.0760. The van der Waals surface area contributed by atoms with Crippen LogP contribution in [0.5, 0.6) is 0 Å². The van der Waals surface area contributed by atoms with Gasteiger partial charge in [-0.25, -0.2) is 4.98 Å². The number of nitrogens with one attached hydrogen (secondary N) is 1. The van der Waals surface area contributed by atoms with Crippen LogP contribution in [0.15, 0.2) is 54.7 Å². The molecule has 0 fully saturated rings. The van der Waals surface area contributed by atoms with Gasteiger partial charge >= 0.3 is 0 Å². The molecular weight excluding hydrogens is 352 g/mol. The van der Waals surface area contributed by atoms with Crippen molar-refractivity contribution >= 4 is 17.3 Å². The van der Waals surface area contributed by atoms with Crippen molar-refractivity contribution in [2.45, 2.75) is 26.7 Å². The maximum absolute atomic E-state index is 12.8. The van der Waals surface area contributed by atoms with Gasteiger partial charge in [0.15, 0.2) is 5.69 Å². The molecule has 1 N–H and O–H groups in total. The molecule has 0 saturated carbocycles. The summed E-state index contributed by atoms with van der Waals surface area (Å²) in [5.74, 6) is -0.154. The lowest BCUT2D eigenvalue weighted by Gasteiger charge is -2.17. The molecular formula is C22H26N4O2. The van der Waals surface area contributed by atoms with Crippen LogP contribution in [-0.4, -0.2) is 45.7 Å². The topological polar surface area (TPSA) is 66.7 Å². The largest absolute Gasteiger partial charge is 0.351 e. The molecule has 0 aliphatic heterocycles. The average molecular weight is 378 g/mol. The molecule has 0 atom stereocenters. The molecule has 6 heteroatoms. The fourth-order valence-electron chi connectivity index (χ4n) is 3.23. The molecule has 0 aliphatic rings. The van der Waals surface area contributed by atoms with Gasteiger partial charge in [-0.3, -0.25) is 14.0 Å². The van der Waals surface area contributed by atoms with Gasteiger partial charge in [0.05, 0.1) is 5.52 Å². The van der Waals surface area contributed by atoms with Crippen molar-refractivity contribution in [1.29, 1.82) is 0 Å². The van der Waals surface area contributed by atoms with E-state index in [0.29, 0.717) is 25.2 Å². The second kappa shape index (κ2) is 9.17. The zero-order valence-electron chi connectivity index (χ0n) is 16.4. The lowest BCUT2D eigenvalue weighted by atomic mass is 10.1. The third-order valence-electron chi connectivity index (χ3n) is 4.78. The van der Waals surface area contributed by atoms with Crippen LogP contribution < -0.4 is 5.32 Å². The number of pyridine rings is 1. The first-order valence-electron chi connectivity index (χ1n) is 9.74. The van der Waals surface area contributed by atoms with E-state index >= 15 is 0 Å². The summed E-state index contributed by atoms with van der Waals surface area (Å²) in [5, 5.41) is 2.93. The highest BCUT2D eigenvalue weighted by atomic mass is 16.2. The first kappa shape index (κ1) is 19.6. The fraction of sp³-hybridized carbons (Fsp3) is 0.318. The zero-order valence-corrected chi connectivity index (χ0v) is 16.4. The normalized spacial score (nSPS) is 10.8. The van der Waals surface area contributed by atoms with Crippen molar-refractivity contribution in [3.8, 4) is 0 Å². The molecule has 0 bridgehead atoms. The summed E-state index contributed by atoms with van der Waals surface area (Å²) in [5.41, 5.74) is 2.17. The van der Waals surface area contributed by atoms with Crippen LogP contribution in [-0.2, 0) is 6.42 Å². The molecule has 3 rings (SSSR count). The number of hydrogen-bond donors (Lipinski definition) is 1. The number of benzene rings is 1. The van der Waals surface area contributed by atoms with Crippen LogP contribution in [0.2, 0.25) is 0 Å². The SMILES string of the molecule is CCN(CC)C(=O)c1nc(C(=O)NCCCc2ccccc2)c2ccccn12. The van der Waals surface area contributed by atoms with Gasteiger partial charge in [0.25, 0.3) is 11.8 Å². The Bertz CT molecular complexity index is 946. The van der Waals surface area contributed by atoms with Crippen LogP contribution in [0.4, 0.5) is 0 Å². The van der Waals surface area contributed by atoms with E-state index in [1.165, 1.54) is 5.56 Å². The molecule has 6 nitrogen and oxygen atoms in total. The van der Waals surface area contributed by atoms with Gasteiger partial charge < -0.3 is 10.2 Å². The molecule has 0 unspecified atom stereocenters. The van der Waals surface area contributed by atoms with Gasteiger partial charge in [0.1, 0.15) is 0 Å². The number of nitrogens with zero attached hydrogens (tertiary/aromatic N) is 3. The molecule has 0 spiro atoms. The second-order valence-electron chi connectivity index (χ2n) is 6.56. The Morgan fingerprint density at radius 1 is 1.04 bits per heavy atom. The summed E-state index contributed by atoms with van der Waals surface area (Å²) in [6.45, 7) is 5.60. The number of fused-ring (bicyclic) bond motifs is 1. The monoisotopic (exact) mass is 378 g/mol. The van der Waals surface area contributed by atoms with E-state index in [4.69, 9.17) is 0 Å². The molecule has 2 amide bonds. The Kier molecular flexibility index (Phi) is 6.42. The lowest BCUT2D eigenvalue weighted by Crippen LogP contribution is -2.32. The molecule has 0 radical (unpaired) electrons. The number of hydrogen-bond acceptors (Lipinski definition) is 3. The van der Waals surface area contributed by atoms with E-state index in [1.807, 2.05) is 50.2 Å². The summed E-state index contributed by atoms with van der Waals surface area (Å²) >= 11 is 0. The number of rotatable bonds is 8. The summed E-state index contributed by atoms with van der Waals surface area (Å²) in [4.78, 5) is 31.6. The van der Waals surface area contributed by atoms with Crippen molar-refractivity contribution in [1.82, 2.24) is 19.6 Å². The Hall–Kier alpha value is -3.15. The minimum atomic E-state index is -0.254. The zero-order chi connectivity index (χ0) is 19.9. The van der Waals surface area contributed by atoms with Crippen molar-refractivity contribution < 1.29 is 9.59 Å². The number of carbonyl (C=O) groups is 2. The van der Waals surface area contributed by atoms with E-state index in [0.717, 1.165) is 12.8 Å². The molecule has 3 aromatic rings. The third-order valence-corrected chi connectivity index (χ3v) is 4.78. The predicted molar refractivity (Wildman–Crippen MR) is 110 cm³/mol. The smallest absolute Gasteiger partial charge is 0.290 e. The highest BCUT2D eigenvalue weighted by Gasteiger charge is 2.23. The molecule has 1 aromatic carbocycles. The highest BCUT2D eigenvalue weighted by Crippen LogP contribution is 2.15. The number of carbonyl (C=O) groups excluding carboxylic acids is 2. The molecule has 146 valence electrons. The Labute approximate surface area is 165 Å². The van der Waals surface area contributed by atoms with Crippen LogP contribution in [0.25, 0.3) is 5.52 Å². The standard InChI is InChI=1S/C22H26N4O2/c1-3-25(4-2)22(28)20-24-19(18-14-8-9-16-26(18)20)21(27)23-15-10-13-17-11-6-5-7-12-17/h5-9,11-12,14,16H,3-4,10,13,15H2,1-2H3,(H,23,27). The van der Waals surface area contributed by atoms with Crippen LogP contribution in [0, 0.1) is 0 Å². The van der Waals surface area contributed by atoms with E-state index in [-0.39, 0.29) is 23.3 Å². The predicted octanol–water partition coefficient (Wildman–Crippen LogP) is 3.18. The quantitative estimate of drug-likeness (QED) is 0.612. The van der Waals surface area contributed by atoms with Crippen molar-refractivity contribution in [3.63, 3.8) is 0 Å². The maximum Gasteiger partial charge on any atom is 0.290 e. The molecule has 0 aliphatic carbocycles. The molecule has 2 heterocycles. The van der Waals surface area contributed by atoms with Crippen LogP contribution in [0.3, 0.4) is 0 Å². The molecule has 0 saturated heterocycles. The van der Waals surface area contributed by atoms with Crippen LogP contribution >= 0.6 is 0 Å². The summed E-state index contributed by atoms with van der Waals surface area (Å²) in [6.07, 6.45) is 3.51. The number of aromatic nitrogens is 2. The van der Waals surface area contributed by atoms with Gasteiger partial charge in [0.2, 0.25) is 5.82 Å². The Morgan fingerprint density at radius 3 is 2.46 bits per heavy atom.